The van der Waals surface area contributed by atoms with Crippen LogP contribution in [0.1, 0.15) is 16.1 Å². The van der Waals surface area contributed by atoms with Gasteiger partial charge in [-0.3, -0.25) is 9.59 Å². The summed E-state index contributed by atoms with van der Waals surface area (Å²) in [4.78, 5) is 25.2. The lowest BCUT2D eigenvalue weighted by molar-refractivity contribution is -0.154. The van der Waals surface area contributed by atoms with Crippen molar-refractivity contribution in [2.75, 3.05) is 13.7 Å². The van der Waals surface area contributed by atoms with Crippen LogP contribution in [0.15, 0.2) is 75.9 Å². The maximum Gasteiger partial charge on any atom is 0.453 e. The molecular weight excluding hydrogens is 489 g/mol. The molecule has 0 atom stereocenters. The minimum Gasteiger partial charge on any atom is -0.497 e. The third-order valence-corrected chi connectivity index (χ3v) is 5.13. The van der Waals surface area contributed by atoms with E-state index >= 15 is 0 Å². The van der Waals surface area contributed by atoms with Crippen molar-refractivity contribution >= 4 is 28.4 Å². The number of rotatable bonds is 7. The molecule has 0 aliphatic heterocycles. The number of hydrogen-bond acceptors (Lipinski definition) is 6. The van der Waals surface area contributed by atoms with Crippen molar-refractivity contribution < 1.29 is 36.6 Å². The molecule has 3 aromatic carbocycles. The number of Topliss-reactive ketones (excluding diaryl/α,β-unsaturated/α-hetero) is 1. The molecule has 1 aromatic heterocycles. The molecule has 4 aromatic rings. The second-order valence-corrected chi connectivity index (χ2v) is 7.68. The Balaban J connectivity index is 1.66. The van der Waals surface area contributed by atoms with E-state index in [0.29, 0.717) is 16.3 Å². The zero-order chi connectivity index (χ0) is 25.2. The molecule has 0 saturated heterocycles. The van der Waals surface area contributed by atoms with Gasteiger partial charge in [-0.15, -0.1) is 0 Å². The molecule has 6 nitrogen and oxygen atoms in total. The minimum absolute atomic E-state index is 0.0394. The van der Waals surface area contributed by atoms with E-state index in [9.17, 15) is 22.8 Å². The van der Waals surface area contributed by atoms with Crippen LogP contribution in [0.5, 0.6) is 23.0 Å². The van der Waals surface area contributed by atoms with Gasteiger partial charge in [-0.2, -0.15) is 13.2 Å². The number of methoxy groups -OCH3 is 1. The van der Waals surface area contributed by atoms with E-state index in [2.05, 4.69) is 0 Å². The van der Waals surface area contributed by atoms with E-state index in [1.54, 1.807) is 18.2 Å². The number of halogens is 4. The Morgan fingerprint density at radius 1 is 0.971 bits per heavy atom. The van der Waals surface area contributed by atoms with Gasteiger partial charge in [0.05, 0.1) is 12.5 Å². The summed E-state index contributed by atoms with van der Waals surface area (Å²) < 4.78 is 62.0. The molecule has 0 aliphatic carbocycles. The number of alkyl halides is 3. The Kier molecular flexibility index (Phi) is 6.70. The van der Waals surface area contributed by atoms with Crippen LogP contribution in [-0.4, -0.2) is 19.5 Å². The summed E-state index contributed by atoms with van der Waals surface area (Å²) in [6.45, 7) is -0.388. The summed E-state index contributed by atoms with van der Waals surface area (Å²) in [5.41, 5.74) is -1.05. The first-order valence-electron chi connectivity index (χ1n) is 10.1. The third kappa shape index (κ3) is 5.41. The molecule has 0 fully saturated rings. The lowest BCUT2D eigenvalue weighted by Crippen LogP contribution is -2.16. The smallest absolute Gasteiger partial charge is 0.453 e. The maximum atomic E-state index is 13.8. The van der Waals surface area contributed by atoms with Crippen molar-refractivity contribution in [1.29, 1.82) is 0 Å². The van der Waals surface area contributed by atoms with Crippen LogP contribution in [0.2, 0.25) is 5.02 Å². The number of carbonyl (C=O) groups excluding carboxylic acids is 1. The summed E-state index contributed by atoms with van der Waals surface area (Å²) in [5, 5.41) is 0.300. The predicted octanol–water partition coefficient (Wildman–Crippen LogP) is 6.53. The topological polar surface area (TPSA) is 75.0 Å². The number of ketones is 1. The lowest BCUT2D eigenvalue weighted by Gasteiger charge is -2.14. The molecule has 0 N–H and O–H groups in total. The van der Waals surface area contributed by atoms with Crippen LogP contribution in [0, 0.1) is 0 Å². The molecule has 35 heavy (non-hydrogen) atoms. The van der Waals surface area contributed by atoms with Gasteiger partial charge in [0.15, 0.2) is 12.4 Å². The van der Waals surface area contributed by atoms with Crippen molar-refractivity contribution in [2.45, 2.75) is 6.18 Å². The van der Waals surface area contributed by atoms with Crippen LogP contribution in [0.4, 0.5) is 13.2 Å². The molecule has 0 amide bonds. The number of hydrogen-bond donors (Lipinski definition) is 0. The fraction of sp³-hybridized carbons (Fsp3) is 0.120. The molecular formula is C25H16ClF3O6. The highest BCUT2D eigenvalue weighted by Gasteiger charge is 2.40. The van der Waals surface area contributed by atoms with Gasteiger partial charge in [0.1, 0.15) is 22.8 Å². The van der Waals surface area contributed by atoms with Crippen LogP contribution in [0.25, 0.3) is 11.0 Å². The molecule has 0 saturated carbocycles. The second-order valence-electron chi connectivity index (χ2n) is 7.24. The average Bonchev–Trinajstić information content (AvgIpc) is 2.84. The van der Waals surface area contributed by atoms with Gasteiger partial charge < -0.3 is 18.6 Å². The van der Waals surface area contributed by atoms with Crippen LogP contribution in [0.3, 0.4) is 0 Å². The highest BCUT2D eigenvalue weighted by Crippen LogP contribution is 2.39. The maximum absolute atomic E-state index is 13.8. The van der Waals surface area contributed by atoms with E-state index in [1.807, 2.05) is 0 Å². The highest BCUT2D eigenvalue weighted by molar-refractivity contribution is 6.30. The van der Waals surface area contributed by atoms with E-state index in [1.165, 1.54) is 49.6 Å². The SMILES string of the molecule is COc1cccc(Oc2c(C(F)(F)F)oc3cc(OCC(=O)c4ccc(Cl)cc4)ccc3c2=O)c1. The van der Waals surface area contributed by atoms with Gasteiger partial charge in [-0.05, 0) is 48.5 Å². The van der Waals surface area contributed by atoms with Gasteiger partial charge in [-0.1, -0.05) is 17.7 Å². The molecule has 0 bridgehead atoms. The molecule has 0 aliphatic rings. The Morgan fingerprint density at radius 2 is 1.69 bits per heavy atom. The summed E-state index contributed by atoms with van der Waals surface area (Å²) in [6.07, 6.45) is -5.02. The number of benzene rings is 3. The van der Waals surface area contributed by atoms with Crippen molar-refractivity contribution in [3.05, 3.63) is 93.3 Å². The van der Waals surface area contributed by atoms with Crippen LogP contribution < -0.4 is 19.6 Å². The Hall–Kier alpha value is -3.98. The zero-order valence-electron chi connectivity index (χ0n) is 18.0. The fourth-order valence-corrected chi connectivity index (χ4v) is 3.30. The summed E-state index contributed by atoms with van der Waals surface area (Å²) in [6, 6.07) is 15.6. The van der Waals surface area contributed by atoms with E-state index in [0.717, 1.165) is 6.07 Å². The minimum atomic E-state index is -5.02. The largest absolute Gasteiger partial charge is 0.497 e. The summed E-state index contributed by atoms with van der Waals surface area (Å²) >= 11 is 5.80. The van der Waals surface area contributed by atoms with Crippen LogP contribution >= 0.6 is 11.6 Å². The fourth-order valence-electron chi connectivity index (χ4n) is 3.18. The Labute approximate surface area is 201 Å². The third-order valence-electron chi connectivity index (χ3n) is 4.88. The molecule has 4 rings (SSSR count). The van der Waals surface area contributed by atoms with E-state index in [4.69, 9.17) is 30.2 Å². The molecule has 0 unspecified atom stereocenters. The quantitative estimate of drug-likeness (QED) is 0.266. The van der Waals surface area contributed by atoms with Gasteiger partial charge in [0.25, 0.3) is 5.76 Å². The van der Waals surface area contributed by atoms with E-state index in [-0.39, 0.29) is 34.9 Å². The van der Waals surface area contributed by atoms with Crippen molar-refractivity contribution in [2.24, 2.45) is 0 Å². The summed E-state index contributed by atoms with van der Waals surface area (Å²) in [5.74, 6) is -2.66. The zero-order valence-corrected chi connectivity index (χ0v) is 18.8. The monoisotopic (exact) mass is 504 g/mol. The Bertz CT molecular complexity index is 1440. The number of carbonyl (C=O) groups is 1. The first-order valence-corrected chi connectivity index (χ1v) is 10.4. The van der Waals surface area contributed by atoms with E-state index < -0.39 is 23.1 Å². The van der Waals surface area contributed by atoms with Crippen LogP contribution in [-0.2, 0) is 6.18 Å². The van der Waals surface area contributed by atoms with Gasteiger partial charge in [0, 0.05) is 22.7 Å². The normalized spacial score (nSPS) is 11.3. The van der Waals surface area contributed by atoms with Crippen molar-refractivity contribution in [1.82, 2.24) is 0 Å². The van der Waals surface area contributed by atoms with Gasteiger partial charge >= 0.3 is 6.18 Å². The summed E-state index contributed by atoms with van der Waals surface area (Å²) in [7, 11) is 1.38. The van der Waals surface area contributed by atoms with Gasteiger partial charge in [-0.25, -0.2) is 0 Å². The predicted molar refractivity (Wildman–Crippen MR) is 122 cm³/mol. The average molecular weight is 505 g/mol. The number of ether oxygens (including phenoxy) is 3. The highest BCUT2D eigenvalue weighted by atomic mass is 35.5. The molecule has 180 valence electrons. The lowest BCUT2D eigenvalue weighted by atomic mass is 10.1. The molecule has 10 heteroatoms. The molecule has 0 spiro atoms. The first-order chi connectivity index (χ1) is 16.7. The standard InChI is InChI=1S/C25H16ClF3O6/c1-32-16-3-2-4-18(11-16)34-23-22(31)19-10-9-17(12-21(19)35-24(23)25(27,28)29)33-13-20(30)14-5-7-15(26)8-6-14/h2-12H,13H2,1H3. The molecule has 0 radical (unpaired) electrons. The van der Waals surface area contributed by atoms with Crippen molar-refractivity contribution in [3.63, 3.8) is 0 Å². The van der Waals surface area contributed by atoms with Crippen molar-refractivity contribution in [3.8, 4) is 23.0 Å². The van der Waals surface area contributed by atoms with Gasteiger partial charge in [0.2, 0.25) is 11.2 Å². The Morgan fingerprint density at radius 3 is 2.37 bits per heavy atom. The second kappa shape index (κ2) is 9.71. The first kappa shape index (κ1) is 24.2. The number of fused-ring (bicyclic) bond motifs is 1. The molecule has 1 heterocycles.